The van der Waals surface area contributed by atoms with E-state index in [-0.39, 0.29) is 51.7 Å². The molecule has 0 unspecified atom stereocenters. The molecule has 0 N–H and O–H groups in total. The van der Waals surface area contributed by atoms with Crippen LogP contribution >= 0.6 is 0 Å². The smallest absolute Gasteiger partial charge is 0.164 e. The molecule has 234 valence electrons. The summed E-state index contributed by atoms with van der Waals surface area (Å²) in [5, 5.41) is 1.89. The van der Waals surface area contributed by atoms with E-state index in [4.69, 9.17) is 33.4 Å². The average Bonchev–Trinajstić information content (AvgIpc) is 3.84. The van der Waals surface area contributed by atoms with E-state index < -0.39 is 18.1 Å². The summed E-state index contributed by atoms with van der Waals surface area (Å²) in [5.41, 5.74) is 6.40. The van der Waals surface area contributed by atoms with Gasteiger partial charge in [0.2, 0.25) is 0 Å². The van der Waals surface area contributed by atoms with E-state index in [1.165, 1.54) is 0 Å². The largest absolute Gasteiger partial charge is 0.456 e. The molecular formula is C45H27N3O2. The molecule has 0 aliphatic heterocycles. The third kappa shape index (κ3) is 4.67. The minimum absolute atomic E-state index is 0.00911. The molecule has 50 heavy (non-hydrogen) atoms. The molecule has 0 spiro atoms. The van der Waals surface area contributed by atoms with Gasteiger partial charge in [-0.15, -0.1) is 0 Å². The van der Waals surface area contributed by atoms with Crippen LogP contribution in [0, 0.1) is 0 Å². The highest BCUT2D eigenvalue weighted by atomic mass is 16.3. The second-order valence-electron chi connectivity index (χ2n) is 11.9. The topological polar surface area (TPSA) is 65.0 Å². The lowest BCUT2D eigenvalue weighted by atomic mass is 10.0. The predicted molar refractivity (Wildman–Crippen MR) is 202 cm³/mol. The molecule has 5 nitrogen and oxygen atoms in total. The van der Waals surface area contributed by atoms with Crippen molar-refractivity contribution in [1.29, 1.82) is 0 Å². The van der Waals surface area contributed by atoms with Crippen LogP contribution in [-0.4, -0.2) is 15.0 Å². The maximum absolute atomic E-state index is 8.89. The zero-order chi connectivity index (χ0) is 39.1. The van der Waals surface area contributed by atoms with Gasteiger partial charge >= 0.3 is 0 Å². The zero-order valence-corrected chi connectivity index (χ0v) is 26.2. The van der Waals surface area contributed by atoms with Gasteiger partial charge in [0.25, 0.3) is 0 Å². The van der Waals surface area contributed by atoms with E-state index in [2.05, 4.69) is 12.1 Å². The summed E-state index contributed by atoms with van der Waals surface area (Å²) < 4.78 is 71.9. The lowest BCUT2D eigenvalue weighted by molar-refractivity contribution is 0.669. The van der Waals surface area contributed by atoms with E-state index in [1.54, 1.807) is 24.3 Å². The molecule has 5 heteroatoms. The van der Waals surface area contributed by atoms with Crippen molar-refractivity contribution in [3.05, 3.63) is 164 Å². The Morgan fingerprint density at radius 1 is 0.380 bits per heavy atom. The molecule has 0 bridgehead atoms. The highest BCUT2D eigenvalue weighted by molar-refractivity contribution is 6.12. The highest BCUT2D eigenvalue weighted by Gasteiger charge is 2.18. The van der Waals surface area contributed by atoms with Gasteiger partial charge < -0.3 is 8.83 Å². The van der Waals surface area contributed by atoms with Crippen LogP contribution in [0.15, 0.2) is 172 Å². The second-order valence-corrected chi connectivity index (χ2v) is 11.9. The third-order valence-corrected chi connectivity index (χ3v) is 8.90. The van der Waals surface area contributed by atoms with Crippen molar-refractivity contribution >= 4 is 43.9 Å². The summed E-state index contributed by atoms with van der Waals surface area (Å²) in [4.78, 5) is 15.0. The van der Waals surface area contributed by atoms with Gasteiger partial charge in [-0.3, -0.25) is 0 Å². The molecule has 0 aliphatic rings. The SMILES string of the molecule is [2H]c1c([2H])c([2H])c2c(oc3c(-c4ccc(-c5nc(-c6ccc(-c7ccccc7)cc6)nc(-c6cccc7oc8ccccc8c67)n5)cc4)c([2H])c([2H])c([2H])c32)c1[2H]. The van der Waals surface area contributed by atoms with Crippen LogP contribution in [0.25, 0.3) is 100 Å². The quantitative estimate of drug-likeness (QED) is 0.186. The number of hydrogen-bond donors (Lipinski definition) is 0. The molecule has 10 aromatic rings. The van der Waals surface area contributed by atoms with Crippen molar-refractivity contribution in [3.8, 4) is 56.4 Å². The Bertz CT molecular complexity index is 3250. The monoisotopic (exact) mass is 648 g/mol. The lowest BCUT2D eigenvalue weighted by Gasteiger charge is -2.10. The van der Waals surface area contributed by atoms with E-state index in [1.807, 2.05) is 84.9 Å². The summed E-state index contributed by atoms with van der Waals surface area (Å²) in [5.74, 6) is 1.31. The average molecular weight is 649 g/mol. The Balaban J connectivity index is 1.14. The molecule has 0 saturated heterocycles. The Kier molecular flexibility index (Phi) is 4.99. The van der Waals surface area contributed by atoms with Gasteiger partial charge in [-0.05, 0) is 34.9 Å². The van der Waals surface area contributed by atoms with Crippen molar-refractivity contribution in [2.24, 2.45) is 0 Å². The Morgan fingerprint density at radius 2 is 1.00 bits per heavy atom. The minimum Gasteiger partial charge on any atom is -0.456 e. The predicted octanol–water partition coefficient (Wildman–Crippen LogP) is 12.0. The lowest BCUT2D eigenvalue weighted by Crippen LogP contribution is -2.00. The highest BCUT2D eigenvalue weighted by Crippen LogP contribution is 2.38. The van der Waals surface area contributed by atoms with E-state index in [9.17, 15) is 0 Å². The standard InChI is InChI=1S/C45H27N3O2/c1-2-10-28(11-3-1)29-20-24-31(25-21-29)43-46-44(48-45(47-43)37-16-9-19-40-41(37)36-13-5-7-18-39(36)49-40)32-26-22-30(23-27-32)33-14-8-15-35-34-12-4-6-17-38(34)50-42(33)35/h1-27H/i4D,6D,8D,12D,14D,15D,17D. The van der Waals surface area contributed by atoms with Gasteiger partial charge in [0.1, 0.15) is 22.3 Å². The number of furan rings is 2. The van der Waals surface area contributed by atoms with E-state index >= 15 is 0 Å². The van der Waals surface area contributed by atoms with Crippen LogP contribution in [0.5, 0.6) is 0 Å². The summed E-state index contributed by atoms with van der Waals surface area (Å²) in [6.07, 6.45) is 0. The first-order valence-corrected chi connectivity index (χ1v) is 16.0. The molecule has 3 heterocycles. The molecule has 7 aromatic carbocycles. The first-order valence-electron chi connectivity index (χ1n) is 19.5. The Hall–Kier alpha value is -6.85. The van der Waals surface area contributed by atoms with Crippen LogP contribution in [-0.2, 0) is 0 Å². The number of benzene rings is 7. The molecule has 0 atom stereocenters. The van der Waals surface area contributed by atoms with Crippen LogP contribution < -0.4 is 0 Å². The summed E-state index contributed by atoms with van der Waals surface area (Å²) >= 11 is 0. The van der Waals surface area contributed by atoms with Gasteiger partial charge in [-0.2, -0.15) is 0 Å². The normalized spacial score (nSPS) is 13.6. The number of aromatic nitrogens is 3. The molecule has 0 saturated carbocycles. The van der Waals surface area contributed by atoms with Crippen molar-refractivity contribution in [1.82, 2.24) is 15.0 Å². The van der Waals surface area contributed by atoms with Crippen molar-refractivity contribution in [2.75, 3.05) is 0 Å². The minimum atomic E-state index is -0.471. The fourth-order valence-electron chi connectivity index (χ4n) is 6.48. The van der Waals surface area contributed by atoms with Crippen LogP contribution in [0.2, 0.25) is 0 Å². The number of nitrogens with zero attached hydrogens (tertiary/aromatic N) is 3. The van der Waals surface area contributed by atoms with Gasteiger partial charge in [-0.1, -0.05) is 145 Å². The number of rotatable bonds is 5. The van der Waals surface area contributed by atoms with Crippen molar-refractivity contribution in [2.45, 2.75) is 0 Å². The van der Waals surface area contributed by atoms with Gasteiger partial charge in [0.15, 0.2) is 17.5 Å². The van der Waals surface area contributed by atoms with Crippen LogP contribution in [0.3, 0.4) is 0 Å². The molecule has 0 radical (unpaired) electrons. The maximum Gasteiger partial charge on any atom is 0.164 e. The first-order chi connectivity index (χ1) is 27.7. The fourth-order valence-corrected chi connectivity index (χ4v) is 6.48. The van der Waals surface area contributed by atoms with Gasteiger partial charge in [-0.25, -0.2) is 15.0 Å². The molecule has 3 aromatic heterocycles. The van der Waals surface area contributed by atoms with Gasteiger partial charge in [0, 0.05) is 43.8 Å². The first kappa shape index (κ1) is 21.9. The molecule has 0 aliphatic carbocycles. The number of hydrogen-bond acceptors (Lipinski definition) is 5. The van der Waals surface area contributed by atoms with Crippen LogP contribution in [0.1, 0.15) is 9.60 Å². The van der Waals surface area contributed by atoms with Crippen molar-refractivity contribution in [3.63, 3.8) is 0 Å². The summed E-state index contributed by atoms with van der Waals surface area (Å²) in [7, 11) is 0. The Morgan fingerprint density at radius 3 is 1.80 bits per heavy atom. The second kappa shape index (κ2) is 11.4. The van der Waals surface area contributed by atoms with Crippen LogP contribution in [0.4, 0.5) is 0 Å². The van der Waals surface area contributed by atoms with E-state index in [0.29, 0.717) is 34.2 Å². The summed E-state index contributed by atoms with van der Waals surface area (Å²) in [6.45, 7) is 0. The van der Waals surface area contributed by atoms with Gasteiger partial charge in [0.05, 0.1) is 9.60 Å². The number of para-hydroxylation sites is 3. The maximum atomic E-state index is 8.89. The summed E-state index contributed by atoms with van der Waals surface area (Å²) in [6, 6.07) is 36.2. The molecule has 0 amide bonds. The third-order valence-electron chi connectivity index (χ3n) is 8.90. The Labute approximate surface area is 297 Å². The molecular weight excluding hydrogens is 615 g/mol. The molecule has 10 rings (SSSR count). The zero-order valence-electron chi connectivity index (χ0n) is 33.2. The van der Waals surface area contributed by atoms with E-state index in [0.717, 1.165) is 38.6 Å². The fraction of sp³-hybridized carbons (Fsp3) is 0. The molecule has 0 fully saturated rings. The number of fused-ring (bicyclic) bond motifs is 6. The van der Waals surface area contributed by atoms with Crippen molar-refractivity contribution < 1.29 is 18.4 Å².